The molecule has 0 radical (unpaired) electrons. The Balaban J connectivity index is 2.03. The number of hydrogen-bond donors (Lipinski definition) is 1. The van der Waals surface area contributed by atoms with Crippen molar-refractivity contribution in [3.63, 3.8) is 0 Å². The highest BCUT2D eigenvalue weighted by molar-refractivity contribution is 5.67. The normalized spacial score (nSPS) is 29.3. The van der Waals surface area contributed by atoms with Crippen LogP contribution in [0, 0.1) is 0 Å². The zero-order chi connectivity index (χ0) is 16.9. The van der Waals surface area contributed by atoms with E-state index in [-0.39, 0.29) is 11.5 Å². The minimum Gasteiger partial charge on any atom is -0.497 e. The number of hydrogen-bond acceptors (Lipinski definition) is 4. The summed E-state index contributed by atoms with van der Waals surface area (Å²) in [6.07, 6.45) is 7.31. The number of benzene rings is 1. The van der Waals surface area contributed by atoms with Crippen molar-refractivity contribution >= 4 is 0 Å². The molecular formula is C20H25NO3. The van der Waals surface area contributed by atoms with Gasteiger partial charge >= 0.3 is 0 Å². The Kier molecular flexibility index (Phi) is 3.61. The number of rotatable bonds is 5. The second-order valence-corrected chi connectivity index (χ2v) is 6.79. The van der Waals surface area contributed by atoms with Crippen LogP contribution in [-0.4, -0.2) is 33.4 Å². The summed E-state index contributed by atoms with van der Waals surface area (Å²) in [6.45, 7) is 2.24. The van der Waals surface area contributed by atoms with Gasteiger partial charge in [-0.25, -0.2) is 0 Å². The zero-order valence-corrected chi connectivity index (χ0v) is 14.8. The first kappa shape index (κ1) is 15.6. The summed E-state index contributed by atoms with van der Waals surface area (Å²) in [5.74, 6) is 2.61. The quantitative estimate of drug-likeness (QED) is 0.902. The third kappa shape index (κ3) is 1.78. The molecule has 0 amide bonds. The fourth-order valence-electron chi connectivity index (χ4n) is 4.88. The summed E-state index contributed by atoms with van der Waals surface area (Å²) in [6, 6.07) is 4.55. The molecule has 2 aliphatic carbocycles. The number of ether oxygens (including phenoxy) is 3. The summed E-state index contributed by atoms with van der Waals surface area (Å²) in [4.78, 5) is 0. The molecule has 2 unspecified atom stereocenters. The molecule has 24 heavy (non-hydrogen) atoms. The summed E-state index contributed by atoms with van der Waals surface area (Å²) in [5.41, 5.74) is 3.93. The molecule has 0 fully saturated rings. The van der Waals surface area contributed by atoms with E-state index in [9.17, 15) is 0 Å². The van der Waals surface area contributed by atoms with Crippen molar-refractivity contribution in [2.24, 2.45) is 0 Å². The van der Waals surface area contributed by atoms with Crippen LogP contribution in [0.2, 0.25) is 0 Å². The maximum absolute atomic E-state index is 6.49. The second-order valence-electron chi connectivity index (χ2n) is 6.79. The van der Waals surface area contributed by atoms with Gasteiger partial charge in [-0.15, -0.1) is 0 Å². The van der Waals surface area contributed by atoms with Gasteiger partial charge < -0.3 is 19.5 Å². The molecule has 0 aromatic heterocycles. The molecule has 3 atom stereocenters. The molecule has 0 bridgehead atoms. The number of allylic oxidation sites excluding steroid dienone is 2. The van der Waals surface area contributed by atoms with Gasteiger partial charge in [-0.1, -0.05) is 25.5 Å². The molecule has 0 saturated carbocycles. The summed E-state index contributed by atoms with van der Waals surface area (Å²) >= 11 is 0. The molecule has 1 aliphatic heterocycles. The first-order valence-corrected chi connectivity index (χ1v) is 8.71. The van der Waals surface area contributed by atoms with Crippen molar-refractivity contribution in [2.75, 3.05) is 21.3 Å². The van der Waals surface area contributed by atoms with Gasteiger partial charge in [-0.2, -0.15) is 0 Å². The van der Waals surface area contributed by atoms with E-state index in [1.807, 2.05) is 13.1 Å². The van der Waals surface area contributed by atoms with Gasteiger partial charge in [0, 0.05) is 11.6 Å². The van der Waals surface area contributed by atoms with E-state index in [4.69, 9.17) is 14.2 Å². The number of nitrogens with one attached hydrogen (secondary N) is 1. The molecule has 1 N–H and O–H groups in total. The Morgan fingerprint density at radius 2 is 2.08 bits per heavy atom. The lowest BCUT2D eigenvalue weighted by molar-refractivity contribution is 0.107. The van der Waals surface area contributed by atoms with E-state index < -0.39 is 0 Å². The molecule has 4 nitrogen and oxygen atoms in total. The highest BCUT2D eigenvalue weighted by Crippen LogP contribution is 2.60. The summed E-state index contributed by atoms with van der Waals surface area (Å²) < 4.78 is 17.8. The van der Waals surface area contributed by atoms with Crippen LogP contribution in [0.1, 0.15) is 30.9 Å². The topological polar surface area (TPSA) is 39.7 Å². The average Bonchev–Trinajstić information content (AvgIpc) is 2.96. The lowest BCUT2D eigenvalue weighted by atomic mass is 9.59. The highest BCUT2D eigenvalue weighted by atomic mass is 16.6. The third-order valence-corrected chi connectivity index (χ3v) is 5.79. The van der Waals surface area contributed by atoms with Gasteiger partial charge in [0.15, 0.2) is 17.6 Å². The van der Waals surface area contributed by atoms with Crippen LogP contribution in [0.4, 0.5) is 0 Å². The smallest absolute Gasteiger partial charge is 0.169 e. The summed E-state index contributed by atoms with van der Waals surface area (Å²) in [5, 5.41) is 3.51. The van der Waals surface area contributed by atoms with E-state index in [1.54, 1.807) is 14.2 Å². The van der Waals surface area contributed by atoms with E-state index in [0.717, 1.165) is 36.5 Å². The van der Waals surface area contributed by atoms with Crippen molar-refractivity contribution in [1.82, 2.24) is 5.32 Å². The number of methoxy groups -OCH3 is 2. The van der Waals surface area contributed by atoms with E-state index >= 15 is 0 Å². The Morgan fingerprint density at radius 1 is 1.25 bits per heavy atom. The molecule has 1 aromatic rings. The maximum Gasteiger partial charge on any atom is 0.169 e. The van der Waals surface area contributed by atoms with Gasteiger partial charge in [0.2, 0.25) is 0 Å². The minimum absolute atomic E-state index is 0.108. The van der Waals surface area contributed by atoms with Crippen molar-refractivity contribution < 1.29 is 14.2 Å². The van der Waals surface area contributed by atoms with Crippen molar-refractivity contribution in [3.05, 3.63) is 46.7 Å². The molecule has 0 saturated heterocycles. The first-order valence-electron chi connectivity index (χ1n) is 8.71. The Hall–Kier alpha value is -1.94. The standard InChI is InChI=1S/C20H25NO3/c1-5-10-20-13-7-9-16(23-4)19(20)24-18-15(22-3)8-6-12(17(18)20)11-14(13)21-2/h6-9,14,19,21H,5,10-11H2,1-4H3/t14?,19?,20-/m0/s1. The Morgan fingerprint density at radius 3 is 2.75 bits per heavy atom. The van der Waals surface area contributed by atoms with Crippen LogP contribution in [0.25, 0.3) is 0 Å². The molecule has 0 spiro atoms. The highest BCUT2D eigenvalue weighted by Gasteiger charge is 2.59. The molecule has 1 heterocycles. The van der Waals surface area contributed by atoms with Gasteiger partial charge in [0.05, 0.1) is 19.6 Å². The van der Waals surface area contributed by atoms with Crippen LogP contribution in [0.5, 0.6) is 11.5 Å². The Bertz CT molecular complexity index is 737. The molecule has 4 heteroatoms. The van der Waals surface area contributed by atoms with Crippen LogP contribution < -0.4 is 14.8 Å². The predicted molar refractivity (Wildman–Crippen MR) is 93.7 cm³/mol. The zero-order valence-electron chi connectivity index (χ0n) is 14.8. The lowest BCUT2D eigenvalue weighted by Gasteiger charge is -2.46. The third-order valence-electron chi connectivity index (χ3n) is 5.79. The second kappa shape index (κ2) is 5.55. The maximum atomic E-state index is 6.49. The van der Waals surface area contributed by atoms with Gasteiger partial charge in [0.25, 0.3) is 0 Å². The van der Waals surface area contributed by atoms with Gasteiger partial charge in [-0.3, -0.25) is 0 Å². The molecule has 4 rings (SSSR count). The van der Waals surface area contributed by atoms with E-state index in [0.29, 0.717) is 6.04 Å². The largest absolute Gasteiger partial charge is 0.497 e. The SMILES string of the molecule is CCC[C@@]12C3=CC=C(OC)C1Oc1c(OC)ccc(c12)CC3NC. The van der Waals surface area contributed by atoms with Crippen LogP contribution in [-0.2, 0) is 16.6 Å². The Labute approximate surface area is 143 Å². The van der Waals surface area contributed by atoms with Crippen LogP contribution in [0.3, 0.4) is 0 Å². The van der Waals surface area contributed by atoms with Gasteiger partial charge in [0.1, 0.15) is 5.76 Å². The van der Waals surface area contributed by atoms with Crippen molar-refractivity contribution in [2.45, 2.75) is 43.7 Å². The molecule has 128 valence electrons. The van der Waals surface area contributed by atoms with E-state index in [2.05, 4.69) is 30.5 Å². The monoisotopic (exact) mass is 327 g/mol. The predicted octanol–water partition coefficient (Wildman–Crippen LogP) is 3.11. The average molecular weight is 327 g/mol. The van der Waals surface area contributed by atoms with Crippen molar-refractivity contribution in [3.8, 4) is 11.5 Å². The van der Waals surface area contributed by atoms with Gasteiger partial charge in [-0.05, 0) is 43.2 Å². The van der Waals surface area contributed by atoms with E-state index in [1.165, 1.54) is 16.7 Å². The molecule has 1 aromatic carbocycles. The fourth-order valence-corrected chi connectivity index (χ4v) is 4.88. The van der Waals surface area contributed by atoms with Crippen LogP contribution in [0.15, 0.2) is 35.6 Å². The minimum atomic E-state index is -0.153. The lowest BCUT2D eigenvalue weighted by Crippen LogP contribution is -2.52. The molecule has 3 aliphatic rings. The van der Waals surface area contributed by atoms with Crippen molar-refractivity contribution in [1.29, 1.82) is 0 Å². The molecular weight excluding hydrogens is 302 g/mol. The number of likely N-dealkylation sites (N-methyl/N-ethyl adjacent to an activating group) is 1. The first-order chi connectivity index (χ1) is 11.7. The fraction of sp³-hybridized carbons (Fsp3) is 0.500. The van der Waals surface area contributed by atoms with Crippen LogP contribution >= 0.6 is 0 Å². The summed E-state index contributed by atoms with van der Waals surface area (Å²) in [7, 11) is 5.48.